The molecule has 6 rings (SSSR count). The third-order valence-corrected chi connectivity index (χ3v) is 8.04. The van der Waals surface area contributed by atoms with Crippen LogP contribution in [0.1, 0.15) is 58.2 Å². The van der Waals surface area contributed by atoms with Gasteiger partial charge in [-0.2, -0.15) is 0 Å². The van der Waals surface area contributed by atoms with E-state index in [1.54, 1.807) is 17.0 Å². The number of carbonyl (C=O) groups is 3. The smallest absolute Gasteiger partial charge is 0.269 e. The van der Waals surface area contributed by atoms with Gasteiger partial charge in [0.25, 0.3) is 17.7 Å². The van der Waals surface area contributed by atoms with Gasteiger partial charge in [-0.3, -0.25) is 30.2 Å². The molecule has 0 saturated heterocycles. The maximum Gasteiger partial charge on any atom is 0.269 e. The lowest BCUT2D eigenvalue weighted by Crippen LogP contribution is -2.53. The number of benzene rings is 3. The second kappa shape index (κ2) is 11.6. The highest BCUT2D eigenvalue weighted by Crippen LogP contribution is 2.47. The van der Waals surface area contributed by atoms with E-state index in [4.69, 9.17) is 0 Å². The number of para-hydroxylation sites is 1. The highest BCUT2D eigenvalue weighted by atomic mass is 16.2. The average Bonchev–Trinajstić information content (AvgIpc) is 3.49. The third-order valence-electron chi connectivity index (χ3n) is 8.04. The molecule has 0 saturated carbocycles. The first-order valence-corrected chi connectivity index (χ1v) is 14.4. The van der Waals surface area contributed by atoms with E-state index in [1.165, 1.54) is 12.4 Å². The molecule has 8 heteroatoms. The molecular formula is C35H33N5O3. The van der Waals surface area contributed by atoms with Crippen LogP contribution in [0, 0.1) is 5.92 Å². The van der Waals surface area contributed by atoms with Crippen LogP contribution in [0.15, 0.2) is 103 Å². The lowest BCUT2D eigenvalue weighted by Gasteiger charge is -2.34. The second-order valence-corrected chi connectivity index (χ2v) is 11.2. The Balaban J connectivity index is 1.49. The van der Waals surface area contributed by atoms with Gasteiger partial charge in [-0.25, -0.2) is 0 Å². The van der Waals surface area contributed by atoms with E-state index in [2.05, 4.69) is 44.7 Å². The quantitative estimate of drug-likeness (QED) is 0.246. The summed E-state index contributed by atoms with van der Waals surface area (Å²) in [4.78, 5) is 46.7. The highest BCUT2D eigenvalue weighted by Gasteiger charge is 2.46. The number of hydrogen-bond donors (Lipinski definition) is 2. The SMILES string of the molecule is CC(C)CC(C(=O)NNC(=O)c1ccncc1)N1C(=O)c2ccccc2C1c1c(-c2ccccc2)n(C)c2ccccc12. The summed E-state index contributed by atoms with van der Waals surface area (Å²) in [6, 6.07) is 27.6. The van der Waals surface area contributed by atoms with Gasteiger partial charge in [0.15, 0.2) is 0 Å². The van der Waals surface area contributed by atoms with Crippen LogP contribution in [0.2, 0.25) is 0 Å². The molecule has 8 nitrogen and oxygen atoms in total. The predicted molar refractivity (Wildman–Crippen MR) is 166 cm³/mol. The summed E-state index contributed by atoms with van der Waals surface area (Å²) in [6.45, 7) is 4.04. The first-order valence-electron chi connectivity index (χ1n) is 14.4. The zero-order valence-corrected chi connectivity index (χ0v) is 24.3. The third kappa shape index (κ3) is 5.05. The molecule has 3 aromatic carbocycles. The number of amides is 3. The molecule has 0 bridgehead atoms. The summed E-state index contributed by atoms with van der Waals surface area (Å²) in [5.74, 6) is -1.05. The molecule has 0 aliphatic carbocycles. The summed E-state index contributed by atoms with van der Waals surface area (Å²) in [5, 5.41) is 1.01. The number of carbonyl (C=O) groups excluding carboxylic acids is 3. The van der Waals surface area contributed by atoms with Crippen LogP contribution in [0.3, 0.4) is 0 Å². The van der Waals surface area contributed by atoms with Crippen molar-refractivity contribution in [2.45, 2.75) is 32.4 Å². The Labute approximate surface area is 250 Å². The largest absolute Gasteiger partial charge is 0.343 e. The van der Waals surface area contributed by atoms with Crippen LogP contribution in [0.25, 0.3) is 22.2 Å². The fourth-order valence-electron chi connectivity index (χ4n) is 6.17. The Morgan fingerprint density at radius 1 is 0.860 bits per heavy atom. The summed E-state index contributed by atoms with van der Waals surface area (Å²) in [6.07, 6.45) is 3.42. The minimum atomic E-state index is -0.856. The van der Waals surface area contributed by atoms with Crippen molar-refractivity contribution in [3.63, 3.8) is 0 Å². The van der Waals surface area contributed by atoms with E-state index in [-0.39, 0.29) is 11.8 Å². The van der Waals surface area contributed by atoms with E-state index in [1.807, 2.05) is 75.5 Å². The lowest BCUT2D eigenvalue weighted by atomic mass is 9.91. The molecule has 3 heterocycles. The standard InChI is InChI=1S/C35H33N5O3/c1-22(2)21-29(34(42)38-37-33(41)24-17-19-36-20-18-24)40-32(25-13-7-8-14-26(25)35(40)43)30-27-15-9-10-16-28(27)39(3)31(30)23-11-5-4-6-12-23/h4-20,22,29,32H,21H2,1-3H3,(H,37,41)(H,38,42). The second-order valence-electron chi connectivity index (χ2n) is 11.2. The lowest BCUT2D eigenvalue weighted by molar-refractivity contribution is -0.127. The first kappa shape index (κ1) is 27.9. The topological polar surface area (TPSA) is 96.3 Å². The molecule has 3 amide bonds. The fourth-order valence-corrected chi connectivity index (χ4v) is 6.17. The zero-order valence-electron chi connectivity index (χ0n) is 24.3. The molecule has 43 heavy (non-hydrogen) atoms. The summed E-state index contributed by atoms with van der Waals surface area (Å²) < 4.78 is 2.16. The Bertz CT molecular complexity index is 1810. The molecule has 2 unspecified atom stereocenters. The van der Waals surface area contributed by atoms with Crippen LogP contribution in [0.4, 0.5) is 0 Å². The van der Waals surface area contributed by atoms with Gasteiger partial charge in [0, 0.05) is 47.0 Å². The van der Waals surface area contributed by atoms with E-state index in [0.717, 1.165) is 33.3 Å². The van der Waals surface area contributed by atoms with Gasteiger partial charge >= 0.3 is 0 Å². The van der Waals surface area contributed by atoms with Crippen molar-refractivity contribution >= 4 is 28.6 Å². The number of nitrogens with one attached hydrogen (secondary N) is 2. The van der Waals surface area contributed by atoms with Crippen molar-refractivity contribution in [3.05, 3.63) is 126 Å². The molecule has 2 N–H and O–H groups in total. The fraction of sp³-hybridized carbons (Fsp3) is 0.200. The van der Waals surface area contributed by atoms with Gasteiger partial charge in [0.05, 0.1) is 11.7 Å². The van der Waals surface area contributed by atoms with Crippen LogP contribution in [-0.2, 0) is 11.8 Å². The average molecular weight is 572 g/mol. The number of hydrazine groups is 1. The van der Waals surface area contributed by atoms with Crippen LogP contribution in [-0.4, -0.2) is 38.2 Å². The normalized spacial score (nSPS) is 15.0. The van der Waals surface area contributed by atoms with Crippen LogP contribution >= 0.6 is 0 Å². The van der Waals surface area contributed by atoms with Gasteiger partial charge in [-0.05, 0) is 47.7 Å². The predicted octanol–water partition coefficient (Wildman–Crippen LogP) is 5.66. The molecule has 216 valence electrons. The van der Waals surface area contributed by atoms with Gasteiger partial charge in [-0.15, -0.1) is 0 Å². The van der Waals surface area contributed by atoms with E-state index < -0.39 is 23.9 Å². The zero-order chi connectivity index (χ0) is 30.1. The van der Waals surface area contributed by atoms with Gasteiger partial charge in [-0.1, -0.05) is 80.6 Å². The molecule has 0 radical (unpaired) electrons. The van der Waals surface area contributed by atoms with Gasteiger partial charge in [0.1, 0.15) is 6.04 Å². The first-order chi connectivity index (χ1) is 20.9. The van der Waals surface area contributed by atoms with Gasteiger partial charge in [0.2, 0.25) is 0 Å². The monoisotopic (exact) mass is 571 g/mol. The Kier molecular flexibility index (Phi) is 7.50. The minimum Gasteiger partial charge on any atom is -0.343 e. The molecule has 1 aliphatic rings. The molecule has 0 fully saturated rings. The van der Waals surface area contributed by atoms with Crippen molar-refractivity contribution in [1.29, 1.82) is 0 Å². The Morgan fingerprint density at radius 2 is 1.53 bits per heavy atom. The van der Waals surface area contributed by atoms with Gasteiger partial charge < -0.3 is 9.47 Å². The maximum atomic E-state index is 14.3. The van der Waals surface area contributed by atoms with Crippen LogP contribution < -0.4 is 10.9 Å². The molecular weight excluding hydrogens is 538 g/mol. The summed E-state index contributed by atoms with van der Waals surface area (Å²) in [7, 11) is 2.04. The van der Waals surface area contributed by atoms with Crippen molar-refractivity contribution in [1.82, 2.24) is 25.3 Å². The van der Waals surface area contributed by atoms with E-state index in [9.17, 15) is 14.4 Å². The summed E-state index contributed by atoms with van der Waals surface area (Å²) in [5.41, 5.74) is 10.9. The number of rotatable bonds is 7. The Morgan fingerprint density at radius 3 is 2.28 bits per heavy atom. The molecule has 2 atom stereocenters. The van der Waals surface area contributed by atoms with Crippen molar-refractivity contribution < 1.29 is 14.4 Å². The molecule has 5 aromatic rings. The molecule has 0 spiro atoms. The number of aryl methyl sites for hydroxylation is 1. The number of hydrogen-bond acceptors (Lipinski definition) is 4. The maximum absolute atomic E-state index is 14.3. The molecule has 2 aromatic heterocycles. The van der Waals surface area contributed by atoms with Crippen molar-refractivity contribution in [2.24, 2.45) is 13.0 Å². The Hall–Kier alpha value is -5.24. The van der Waals surface area contributed by atoms with Crippen molar-refractivity contribution in [3.8, 4) is 11.3 Å². The van der Waals surface area contributed by atoms with E-state index in [0.29, 0.717) is 17.5 Å². The van der Waals surface area contributed by atoms with Crippen molar-refractivity contribution in [2.75, 3.05) is 0 Å². The minimum absolute atomic E-state index is 0.0879. The highest BCUT2D eigenvalue weighted by molar-refractivity contribution is 6.05. The number of pyridine rings is 1. The number of nitrogens with zero attached hydrogens (tertiary/aromatic N) is 3. The number of aromatic nitrogens is 2. The van der Waals surface area contributed by atoms with E-state index >= 15 is 0 Å². The molecule has 1 aliphatic heterocycles. The summed E-state index contributed by atoms with van der Waals surface area (Å²) >= 11 is 0. The van der Waals surface area contributed by atoms with Crippen LogP contribution in [0.5, 0.6) is 0 Å². The number of fused-ring (bicyclic) bond motifs is 2.